The number of amides is 1. The standard InChI is InChI=1S/C13H24N2O4/c1-3-19-12(17)10-4-6-13(18,7-5-10)9-15-8-11(16)14-2/h10,15,18H,3-9H2,1-2H3,(H,14,16). The first-order chi connectivity index (χ1) is 9.00. The smallest absolute Gasteiger partial charge is 0.308 e. The number of aliphatic hydroxyl groups is 1. The van der Waals surface area contributed by atoms with Crippen molar-refractivity contribution < 1.29 is 19.4 Å². The fourth-order valence-electron chi connectivity index (χ4n) is 2.32. The predicted molar refractivity (Wildman–Crippen MR) is 70.5 cm³/mol. The molecule has 110 valence electrons. The van der Waals surface area contributed by atoms with Crippen LogP contribution in [0.3, 0.4) is 0 Å². The second-order valence-corrected chi connectivity index (χ2v) is 5.03. The molecule has 0 bridgehead atoms. The third kappa shape index (κ3) is 5.16. The van der Waals surface area contributed by atoms with Gasteiger partial charge in [-0.3, -0.25) is 9.59 Å². The normalized spacial score (nSPS) is 26.8. The van der Waals surface area contributed by atoms with Crippen LogP contribution in [0.25, 0.3) is 0 Å². The lowest BCUT2D eigenvalue weighted by molar-refractivity contribution is -0.151. The van der Waals surface area contributed by atoms with Crippen molar-refractivity contribution in [3.8, 4) is 0 Å². The quantitative estimate of drug-likeness (QED) is 0.583. The van der Waals surface area contributed by atoms with Gasteiger partial charge in [0.05, 0.1) is 24.7 Å². The number of hydrogen-bond acceptors (Lipinski definition) is 5. The number of nitrogens with one attached hydrogen (secondary N) is 2. The molecule has 0 heterocycles. The van der Waals surface area contributed by atoms with E-state index in [0.29, 0.717) is 38.8 Å². The van der Waals surface area contributed by atoms with Crippen molar-refractivity contribution in [1.29, 1.82) is 0 Å². The first-order valence-corrected chi connectivity index (χ1v) is 6.81. The molecule has 1 aliphatic rings. The van der Waals surface area contributed by atoms with E-state index in [1.807, 2.05) is 0 Å². The van der Waals surface area contributed by atoms with Crippen molar-refractivity contribution in [3.63, 3.8) is 0 Å². The highest BCUT2D eigenvalue weighted by molar-refractivity contribution is 5.77. The summed E-state index contributed by atoms with van der Waals surface area (Å²) in [6.45, 7) is 2.75. The van der Waals surface area contributed by atoms with E-state index in [1.165, 1.54) is 0 Å². The number of carbonyl (C=O) groups is 2. The lowest BCUT2D eigenvalue weighted by Crippen LogP contribution is -2.46. The topological polar surface area (TPSA) is 87.7 Å². The Balaban J connectivity index is 2.30. The van der Waals surface area contributed by atoms with Crippen molar-refractivity contribution in [2.75, 3.05) is 26.7 Å². The Hall–Kier alpha value is -1.14. The molecule has 6 nitrogen and oxygen atoms in total. The molecular weight excluding hydrogens is 248 g/mol. The first kappa shape index (κ1) is 15.9. The molecule has 1 aliphatic carbocycles. The minimum Gasteiger partial charge on any atom is -0.466 e. The van der Waals surface area contributed by atoms with E-state index in [1.54, 1.807) is 14.0 Å². The van der Waals surface area contributed by atoms with Gasteiger partial charge in [0.15, 0.2) is 0 Å². The first-order valence-electron chi connectivity index (χ1n) is 6.81. The molecule has 0 unspecified atom stereocenters. The minimum atomic E-state index is -0.822. The molecule has 1 saturated carbocycles. The maximum atomic E-state index is 11.6. The third-order valence-electron chi connectivity index (χ3n) is 3.55. The second-order valence-electron chi connectivity index (χ2n) is 5.03. The van der Waals surface area contributed by atoms with Crippen molar-refractivity contribution in [2.24, 2.45) is 5.92 Å². The Morgan fingerprint density at radius 2 is 2.00 bits per heavy atom. The van der Waals surface area contributed by atoms with Gasteiger partial charge in [0, 0.05) is 13.6 Å². The molecule has 19 heavy (non-hydrogen) atoms. The molecule has 3 N–H and O–H groups in total. The van der Waals surface area contributed by atoms with Crippen molar-refractivity contribution in [2.45, 2.75) is 38.2 Å². The highest BCUT2D eigenvalue weighted by Crippen LogP contribution is 2.32. The zero-order valence-electron chi connectivity index (χ0n) is 11.7. The average molecular weight is 272 g/mol. The maximum absolute atomic E-state index is 11.6. The fourth-order valence-corrected chi connectivity index (χ4v) is 2.32. The minimum absolute atomic E-state index is 0.0980. The molecule has 0 spiro atoms. The second kappa shape index (κ2) is 7.45. The van der Waals surface area contributed by atoms with Crippen LogP contribution in [0, 0.1) is 5.92 Å². The molecule has 1 amide bonds. The molecule has 1 rings (SSSR count). The van der Waals surface area contributed by atoms with Crippen LogP contribution >= 0.6 is 0 Å². The van der Waals surface area contributed by atoms with Gasteiger partial charge in [0.2, 0.25) is 5.91 Å². The van der Waals surface area contributed by atoms with Gasteiger partial charge in [-0.15, -0.1) is 0 Å². The summed E-state index contributed by atoms with van der Waals surface area (Å²) in [5.74, 6) is -0.370. The van der Waals surface area contributed by atoms with Crippen LogP contribution in [0.15, 0.2) is 0 Å². The van der Waals surface area contributed by atoms with Gasteiger partial charge in [-0.2, -0.15) is 0 Å². The summed E-state index contributed by atoms with van der Waals surface area (Å²) in [7, 11) is 1.57. The summed E-state index contributed by atoms with van der Waals surface area (Å²) < 4.78 is 4.99. The summed E-state index contributed by atoms with van der Waals surface area (Å²) in [4.78, 5) is 22.6. The number of carbonyl (C=O) groups excluding carboxylic acids is 2. The Kier molecular flexibility index (Phi) is 6.24. The molecule has 1 fully saturated rings. The van der Waals surface area contributed by atoms with E-state index in [2.05, 4.69) is 10.6 Å². The highest BCUT2D eigenvalue weighted by Gasteiger charge is 2.36. The van der Waals surface area contributed by atoms with Crippen LogP contribution in [-0.2, 0) is 14.3 Å². The largest absolute Gasteiger partial charge is 0.466 e. The molecule has 6 heteroatoms. The van der Waals surface area contributed by atoms with E-state index in [4.69, 9.17) is 4.74 Å². The Labute approximate surface area is 113 Å². The zero-order chi connectivity index (χ0) is 14.3. The molecule has 0 radical (unpaired) electrons. The van der Waals surface area contributed by atoms with Crippen LogP contribution in [0.2, 0.25) is 0 Å². The number of hydrogen-bond donors (Lipinski definition) is 3. The van der Waals surface area contributed by atoms with Gasteiger partial charge in [-0.25, -0.2) is 0 Å². The van der Waals surface area contributed by atoms with E-state index in [0.717, 1.165) is 0 Å². The van der Waals surface area contributed by atoms with E-state index in [9.17, 15) is 14.7 Å². The van der Waals surface area contributed by atoms with Gasteiger partial charge in [-0.05, 0) is 32.6 Å². The fraction of sp³-hybridized carbons (Fsp3) is 0.846. The predicted octanol–water partition coefficient (Wildman–Crippen LogP) is -0.194. The van der Waals surface area contributed by atoms with Crippen LogP contribution in [0.1, 0.15) is 32.6 Å². The average Bonchev–Trinajstić information content (AvgIpc) is 2.39. The summed E-state index contributed by atoms with van der Waals surface area (Å²) in [6, 6.07) is 0. The Morgan fingerprint density at radius 1 is 1.37 bits per heavy atom. The summed E-state index contributed by atoms with van der Waals surface area (Å²) in [6.07, 6.45) is 2.38. The van der Waals surface area contributed by atoms with Gasteiger partial charge in [-0.1, -0.05) is 0 Å². The molecule has 0 aromatic carbocycles. The van der Waals surface area contributed by atoms with Crippen LogP contribution in [0.5, 0.6) is 0 Å². The summed E-state index contributed by atoms with van der Waals surface area (Å²) in [5, 5.41) is 15.8. The maximum Gasteiger partial charge on any atom is 0.308 e. The third-order valence-corrected chi connectivity index (χ3v) is 3.55. The Morgan fingerprint density at radius 3 is 2.53 bits per heavy atom. The van der Waals surface area contributed by atoms with E-state index >= 15 is 0 Å². The lowest BCUT2D eigenvalue weighted by atomic mass is 9.79. The van der Waals surface area contributed by atoms with Gasteiger partial charge >= 0.3 is 5.97 Å². The van der Waals surface area contributed by atoms with Gasteiger partial charge in [0.1, 0.15) is 0 Å². The number of ether oxygens (including phenoxy) is 1. The van der Waals surface area contributed by atoms with Crippen molar-refractivity contribution in [1.82, 2.24) is 10.6 Å². The van der Waals surface area contributed by atoms with E-state index in [-0.39, 0.29) is 24.3 Å². The number of esters is 1. The zero-order valence-corrected chi connectivity index (χ0v) is 11.7. The SMILES string of the molecule is CCOC(=O)C1CCC(O)(CNCC(=O)NC)CC1. The monoisotopic (exact) mass is 272 g/mol. The van der Waals surface area contributed by atoms with Crippen molar-refractivity contribution >= 4 is 11.9 Å². The summed E-state index contributed by atoms with van der Waals surface area (Å²) >= 11 is 0. The van der Waals surface area contributed by atoms with Gasteiger partial charge < -0.3 is 20.5 Å². The molecule has 0 atom stereocenters. The van der Waals surface area contributed by atoms with Crippen LogP contribution in [0.4, 0.5) is 0 Å². The molecule has 0 aromatic rings. The van der Waals surface area contributed by atoms with Gasteiger partial charge in [0.25, 0.3) is 0 Å². The molecule has 0 aliphatic heterocycles. The Bertz CT molecular complexity index is 312. The molecule has 0 aromatic heterocycles. The molecular formula is C13H24N2O4. The van der Waals surface area contributed by atoms with Crippen molar-refractivity contribution in [3.05, 3.63) is 0 Å². The van der Waals surface area contributed by atoms with Crippen LogP contribution < -0.4 is 10.6 Å². The lowest BCUT2D eigenvalue weighted by Gasteiger charge is -2.35. The number of rotatable bonds is 6. The van der Waals surface area contributed by atoms with E-state index < -0.39 is 5.60 Å². The van der Waals surface area contributed by atoms with Crippen LogP contribution in [-0.4, -0.2) is 49.3 Å². The number of likely N-dealkylation sites (N-methyl/N-ethyl adjacent to an activating group) is 1. The molecule has 0 saturated heterocycles. The summed E-state index contributed by atoms with van der Waals surface area (Å²) in [5.41, 5.74) is -0.822. The highest BCUT2D eigenvalue weighted by atomic mass is 16.5.